The van der Waals surface area contributed by atoms with Crippen molar-refractivity contribution in [2.75, 3.05) is 20.8 Å². The van der Waals surface area contributed by atoms with Gasteiger partial charge in [-0.25, -0.2) is 9.97 Å². The van der Waals surface area contributed by atoms with Gasteiger partial charge >= 0.3 is 0 Å². The van der Waals surface area contributed by atoms with E-state index in [1.807, 2.05) is 30.5 Å². The van der Waals surface area contributed by atoms with Crippen LogP contribution in [0.5, 0.6) is 5.75 Å². The van der Waals surface area contributed by atoms with Crippen LogP contribution in [0.4, 0.5) is 0 Å². The Bertz CT molecular complexity index is 642. The van der Waals surface area contributed by atoms with E-state index >= 15 is 0 Å². The van der Waals surface area contributed by atoms with Gasteiger partial charge in [-0.1, -0.05) is 18.2 Å². The van der Waals surface area contributed by atoms with Crippen molar-refractivity contribution in [1.82, 2.24) is 14.9 Å². The van der Waals surface area contributed by atoms with Crippen LogP contribution >= 0.6 is 0 Å². The standard InChI is InChI=1S/C18H23N3O2/c1-21(12-14-6-3-4-7-16(14)22-2)13-15-9-10-19-18(20-15)17-8-5-11-23-17/h3-4,6-7,9-10,17H,5,8,11-13H2,1-2H3. The summed E-state index contributed by atoms with van der Waals surface area (Å²) in [6.07, 6.45) is 4.00. The maximum absolute atomic E-state index is 5.67. The monoisotopic (exact) mass is 313 g/mol. The van der Waals surface area contributed by atoms with Gasteiger partial charge in [-0.05, 0) is 32.0 Å². The maximum atomic E-state index is 5.67. The molecule has 23 heavy (non-hydrogen) atoms. The molecule has 1 aromatic heterocycles. The van der Waals surface area contributed by atoms with E-state index in [4.69, 9.17) is 9.47 Å². The highest BCUT2D eigenvalue weighted by Gasteiger charge is 2.20. The molecule has 5 nitrogen and oxygen atoms in total. The molecule has 1 unspecified atom stereocenters. The van der Waals surface area contributed by atoms with Crippen molar-refractivity contribution in [2.24, 2.45) is 0 Å². The predicted octanol–water partition coefficient (Wildman–Crippen LogP) is 2.97. The second-order valence-electron chi connectivity index (χ2n) is 5.89. The molecular formula is C18H23N3O2. The van der Waals surface area contributed by atoms with Crippen molar-refractivity contribution in [3.05, 3.63) is 53.6 Å². The van der Waals surface area contributed by atoms with Crippen molar-refractivity contribution < 1.29 is 9.47 Å². The van der Waals surface area contributed by atoms with Gasteiger partial charge in [-0.15, -0.1) is 0 Å². The first-order valence-electron chi connectivity index (χ1n) is 8.00. The average molecular weight is 313 g/mol. The van der Waals surface area contributed by atoms with Crippen LogP contribution in [0.3, 0.4) is 0 Å². The van der Waals surface area contributed by atoms with Crippen LogP contribution in [0.15, 0.2) is 36.5 Å². The highest BCUT2D eigenvalue weighted by atomic mass is 16.5. The first-order valence-corrected chi connectivity index (χ1v) is 8.00. The summed E-state index contributed by atoms with van der Waals surface area (Å²) in [5, 5.41) is 0. The molecule has 122 valence electrons. The Balaban J connectivity index is 1.65. The molecule has 2 heterocycles. The zero-order valence-electron chi connectivity index (χ0n) is 13.7. The number of hydrogen-bond donors (Lipinski definition) is 0. The van der Waals surface area contributed by atoms with Crippen LogP contribution in [0.2, 0.25) is 0 Å². The quantitative estimate of drug-likeness (QED) is 0.820. The minimum Gasteiger partial charge on any atom is -0.496 e. The van der Waals surface area contributed by atoms with Crippen molar-refractivity contribution in [3.63, 3.8) is 0 Å². The fourth-order valence-corrected chi connectivity index (χ4v) is 2.89. The van der Waals surface area contributed by atoms with Gasteiger partial charge < -0.3 is 9.47 Å². The van der Waals surface area contributed by atoms with Gasteiger partial charge in [0.25, 0.3) is 0 Å². The molecule has 5 heteroatoms. The zero-order chi connectivity index (χ0) is 16.1. The molecule has 1 aliphatic heterocycles. The van der Waals surface area contributed by atoms with E-state index < -0.39 is 0 Å². The maximum Gasteiger partial charge on any atom is 0.157 e. The molecule has 2 aromatic rings. The van der Waals surface area contributed by atoms with E-state index in [9.17, 15) is 0 Å². The fraction of sp³-hybridized carbons (Fsp3) is 0.444. The van der Waals surface area contributed by atoms with Crippen LogP contribution in [0.1, 0.15) is 36.0 Å². The molecule has 0 amide bonds. The van der Waals surface area contributed by atoms with E-state index in [0.717, 1.165) is 49.8 Å². The number of para-hydroxylation sites is 1. The number of benzene rings is 1. The van der Waals surface area contributed by atoms with E-state index in [2.05, 4.69) is 28.0 Å². The molecule has 1 atom stereocenters. The summed E-state index contributed by atoms with van der Waals surface area (Å²) in [7, 11) is 3.79. The first-order chi connectivity index (χ1) is 11.3. The Labute approximate surface area is 137 Å². The molecular weight excluding hydrogens is 290 g/mol. The third kappa shape index (κ3) is 4.06. The summed E-state index contributed by atoms with van der Waals surface area (Å²) in [4.78, 5) is 11.3. The van der Waals surface area contributed by atoms with Gasteiger partial charge in [0.05, 0.1) is 12.8 Å². The second kappa shape index (κ2) is 7.53. The number of aromatic nitrogens is 2. The molecule has 3 rings (SSSR count). The second-order valence-corrected chi connectivity index (χ2v) is 5.89. The summed E-state index contributed by atoms with van der Waals surface area (Å²) in [5.74, 6) is 1.73. The minimum atomic E-state index is 0.0643. The Kier molecular flexibility index (Phi) is 5.20. The Morgan fingerprint density at radius 1 is 1.26 bits per heavy atom. The third-order valence-corrected chi connectivity index (χ3v) is 4.01. The van der Waals surface area contributed by atoms with Gasteiger partial charge in [-0.2, -0.15) is 0 Å². The Morgan fingerprint density at radius 2 is 2.13 bits per heavy atom. The lowest BCUT2D eigenvalue weighted by molar-refractivity contribution is 0.104. The Morgan fingerprint density at radius 3 is 2.91 bits per heavy atom. The SMILES string of the molecule is COc1ccccc1CN(C)Cc1ccnc(C2CCCO2)n1. The van der Waals surface area contributed by atoms with Crippen LogP contribution in [-0.4, -0.2) is 35.6 Å². The van der Waals surface area contributed by atoms with E-state index in [0.29, 0.717) is 0 Å². The van der Waals surface area contributed by atoms with Crippen molar-refractivity contribution in [3.8, 4) is 5.75 Å². The topological polar surface area (TPSA) is 47.5 Å². The fourth-order valence-electron chi connectivity index (χ4n) is 2.89. The summed E-state index contributed by atoms with van der Waals surface area (Å²) >= 11 is 0. The number of hydrogen-bond acceptors (Lipinski definition) is 5. The minimum absolute atomic E-state index is 0.0643. The van der Waals surface area contributed by atoms with E-state index in [1.54, 1.807) is 7.11 Å². The Hall–Kier alpha value is -1.98. The number of ether oxygens (including phenoxy) is 2. The molecule has 1 aliphatic rings. The predicted molar refractivity (Wildman–Crippen MR) is 88.1 cm³/mol. The van der Waals surface area contributed by atoms with E-state index in [-0.39, 0.29) is 6.10 Å². The van der Waals surface area contributed by atoms with Gasteiger partial charge in [0.15, 0.2) is 5.82 Å². The number of rotatable bonds is 6. The number of methoxy groups -OCH3 is 1. The molecule has 0 spiro atoms. The molecule has 0 saturated carbocycles. The van der Waals surface area contributed by atoms with Gasteiger partial charge in [0.2, 0.25) is 0 Å². The molecule has 1 aromatic carbocycles. The lowest BCUT2D eigenvalue weighted by Gasteiger charge is -2.18. The summed E-state index contributed by atoms with van der Waals surface area (Å²) < 4.78 is 11.1. The van der Waals surface area contributed by atoms with Crippen LogP contribution in [0.25, 0.3) is 0 Å². The smallest absolute Gasteiger partial charge is 0.157 e. The van der Waals surface area contributed by atoms with Crippen LogP contribution in [-0.2, 0) is 17.8 Å². The van der Waals surface area contributed by atoms with E-state index in [1.165, 1.54) is 5.56 Å². The van der Waals surface area contributed by atoms with Gasteiger partial charge in [-0.3, -0.25) is 4.90 Å². The first kappa shape index (κ1) is 15.9. The van der Waals surface area contributed by atoms with Crippen molar-refractivity contribution in [1.29, 1.82) is 0 Å². The highest BCUT2D eigenvalue weighted by molar-refractivity contribution is 5.33. The van der Waals surface area contributed by atoms with Gasteiger partial charge in [0, 0.05) is 31.5 Å². The molecule has 1 fully saturated rings. The largest absolute Gasteiger partial charge is 0.496 e. The van der Waals surface area contributed by atoms with Crippen molar-refractivity contribution >= 4 is 0 Å². The van der Waals surface area contributed by atoms with Gasteiger partial charge in [0.1, 0.15) is 11.9 Å². The molecule has 0 N–H and O–H groups in total. The number of nitrogens with zero attached hydrogens (tertiary/aromatic N) is 3. The molecule has 1 saturated heterocycles. The third-order valence-electron chi connectivity index (χ3n) is 4.01. The lowest BCUT2D eigenvalue weighted by atomic mass is 10.2. The summed E-state index contributed by atoms with van der Waals surface area (Å²) in [6, 6.07) is 10.1. The molecule has 0 radical (unpaired) electrons. The summed E-state index contributed by atoms with van der Waals surface area (Å²) in [6.45, 7) is 2.38. The lowest BCUT2D eigenvalue weighted by Crippen LogP contribution is -2.19. The molecule has 0 aliphatic carbocycles. The summed E-state index contributed by atoms with van der Waals surface area (Å²) in [5.41, 5.74) is 2.19. The highest BCUT2D eigenvalue weighted by Crippen LogP contribution is 2.25. The van der Waals surface area contributed by atoms with Crippen LogP contribution in [0, 0.1) is 0 Å². The van der Waals surface area contributed by atoms with Crippen LogP contribution < -0.4 is 4.74 Å². The van der Waals surface area contributed by atoms with Crippen molar-refractivity contribution in [2.45, 2.75) is 32.0 Å². The normalized spacial score (nSPS) is 17.6. The average Bonchev–Trinajstić information content (AvgIpc) is 3.10. The zero-order valence-corrected chi connectivity index (χ0v) is 13.7. The molecule has 0 bridgehead atoms.